The molecule has 0 amide bonds. The fourth-order valence-corrected chi connectivity index (χ4v) is 2.89. The highest BCUT2D eigenvalue weighted by atomic mass is 79.9. The van der Waals surface area contributed by atoms with Gasteiger partial charge in [0, 0.05) is 4.47 Å². The average Bonchev–Trinajstić information content (AvgIpc) is 2.42. The van der Waals surface area contributed by atoms with Crippen LogP contribution in [0.2, 0.25) is 0 Å². The molecule has 0 aliphatic heterocycles. The van der Waals surface area contributed by atoms with Crippen molar-refractivity contribution in [1.29, 1.82) is 0 Å². The SMILES string of the molecule is Cc1ccc(Br)c(-n2c(=S)[nH]c3ccccc3c2=O)c1. The van der Waals surface area contributed by atoms with Gasteiger partial charge in [-0.3, -0.25) is 9.36 Å². The van der Waals surface area contributed by atoms with E-state index in [1.807, 2.05) is 43.3 Å². The van der Waals surface area contributed by atoms with Crippen LogP contribution in [0.3, 0.4) is 0 Å². The molecule has 100 valence electrons. The zero-order valence-corrected chi connectivity index (χ0v) is 13.1. The summed E-state index contributed by atoms with van der Waals surface area (Å²) in [6.07, 6.45) is 0. The summed E-state index contributed by atoms with van der Waals surface area (Å²) in [5.41, 5.74) is 2.46. The maximum atomic E-state index is 12.7. The number of benzene rings is 2. The Bertz CT molecular complexity index is 927. The number of aryl methyl sites for hydroxylation is 1. The highest BCUT2D eigenvalue weighted by Gasteiger charge is 2.10. The normalized spacial score (nSPS) is 10.9. The first-order valence-corrected chi connectivity index (χ1v) is 7.28. The lowest BCUT2D eigenvalue weighted by atomic mass is 10.2. The lowest BCUT2D eigenvalue weighted by molar-refractivity contribution is 0.933. The van der Waals surface area contributed by atoms with Crippen LogP contribution < -0.4 is 5.56 Å². The molecule has 0 atom stereocenters. The van der Waals surface area contributed by atoms with E-state index in [0.29, 0.717) is 10.2 Å². The quantitative estimate of drug-likeness (QED) is 0.673. The van der Waals surface area contributed by atoms with Crippen molar-refractivity contribution in [3.63, 3.8) is 0 Å². The molecule has 2 aromatic carbocycles. The molecule has 0 saturated heterocycles. The van der Waals surface area contributed by atoms with Crippen molar-refractivity contribution in [2.45, 2.75) is 6.92 Å². The summed E-state index contributed by atoms with van der Waals surface area (Å²) in [7, 11) is 0. The number of nitrogens with zero attached hydrogens (tertiary/aromatic N) is 1. The molecule has 0 aliphatic carbocycles. The topological polar surface area (TPSA) is 37.8 Å². The van der Waals surface area contributed by atoms with Crippen molar-refractivity contribution < 1.29 is 0 Å². The van der Waals surface area contributed by atoms with Crippen LogP contribution in [0.4, 0.5) is 0 Å². The fourth-order valence-electron chi connectivity index (χ4n) is 2.18. The molecule has 1 N–H and O–H groups in total. The zero-order chi connectivity index (χ0) is 14.3. The molecule has 1 heterocycles. The number of aromatic amines is 1. The van der Waals surface area contributed by atoms with Crippen LogP contribution in [-0.4, -0.2) is 9.55 Å². The molecule has 0 unspecified atom stereocenters. The second-order valence-corrected chi connectivity index (χ2v) is 5.81. The van der Waals surface area contributed by atoms with Crippen LogP contribution in [0, 0.1) is 11.7 Å². The van der Waals surface area contributed by atoms with Gasteiger partial charge in [-0.25, -0.2) is 0 Å². The fraction of sp³-hybridized carbons (Fsp3) is 0.0667. The highest BCUT2D eigenvalue weighted by Crippen LogP contribution is 2.22. The molecule has 5 heteroatoms. The van der Waals surface area contributed by atoms with Gasteiger partial charge in [0.2, 0.25) is 0 Å². The monoisotopic (exact) mass is 346 g/mol. The van der Waals surface area contributed by atoms with Crippen LogP contribution in [0.25, 0.3) is 16.6 Å². The van der Waals surface area contributed by atoms with Gasteiger partial charge in [-0.1, -0.05) is 18.2 Å². The number of para-hydroxylation sites is 1. The number of halogens is 1. The summed E-state index contributed by atoms with van der Waals surface area (Å²) in [6.45, 7) is 1.98. The van der Waals surface area contributed by atoms with Crippen LogP contribution in [0.15, 0.2) is 51.7 Å². The summed E-state index contributed by atoms with van der Waals surface area (Å²) in [6, 6.07) is 13.2. The predicted molar refractivity (Wildman–Crippen MR) is 87.2 cm³/mol. The second kappa shape index (κ2) is 5.00. The summed E-state index contributed by atoms with van der Waals surface area (Å²) >= 11 is 8.82. The Balaban J connectivity index is 2.46. The van der Waals surface area contributed by atoms with Crippen LogP contribution in [0.5, 0.6) is 0 Å². The number of aromatic nitrogens is 2. The molecule has 0 radical (unpaired) electrons. The summed E-state index contributed by atoms with van der Waals surface area (Å²) in [5, 5.41) is 0.620. The van der Waals surface area contributed by atoms with Crippen molar-refractivity contribution in [3.8, 4) is 5.69 Å². The third kappa shape index (κ3) is 2.13. The van der Waals surface area contributed by atoms with E-state index >= 15 is 0 Å². The zero-order valence-electron chi connectivity index (χ0n) is 10.7. The minimum Gasteiger partial charge on any atom is -0.331 e. The Labute approximate surface area is 129 Å². The molecular formula is C15H11BrN2OS. The van der Waals surface area contributed by atoms with Gasteiger partial charge in [0.05, 0.1) is 16.6 Å². The van der Waals surface area contributed by atoms with Gasteiger partial charge in [0.15, 0.2) is 4.77 Å². The first kappa shape index (κ1) is 13.3. The van der Waals surface area contributed by atoms with E-state index in [1.54, 1.807) is 6.07 Å². The van der Waals surface area contributed by atoms with Gasteiger partial charge in [-0.15, -0.1) is 0 Å². The number of nitrogens with one attached hydrogen (secondary N) is 1. The third-order valence-corrected chi connectivity index (χ3v) is 4.10. The molecule has 0 spiro atoms. The van der Waals surface area contributed by atoms with E-state index in [1.165, 1.54) is 4.57 Å². The third-order valence-electron chi connectivity index (χ3n) is 3.15. The number of fused-ring (bicyclic) bond motifs is 1. The largest absolute Gasteiger partial charge is 0.331 e. The summed E-state index contributed by atoms with van der Waals surface area (Å²) < 4.78 is 2.74. The minimum atomic E-state index is -0.115. The van der Waals surface area contributed by atoms with Crippen molar-refractivity contribution in [2.75, 3.05) is 0 Å². The molecule has 3 aromatic rings. The number of rotatable bonds is 1. The smallest absolute Gasteiger partial charge is 0.266 e. The molecule has 3 nitrogen and oxygen atoms in total. The Morgan fingerprint density at radius 3 is 2.75 bits per heavy atom. The summed E-state index contributed by atoms with van der Waals surface area (Å²) in [4.78, 5) is 15.8. The maximum Gasteiger partial charge on any atom is 0.266 e. The average molecular weight is 347 g/mol. The van der Waals surface area contributed by atoms with Crippen LogP contribution in [-0.2, 0) is 0 Å². The Morgan fingerprint density at radius 2 is 1.95 bits per heavy atom. The van der Waals surface area contributed by atoms with Crippen LogP contribution in [0.1, 0.15) is 5.56 Å². The van der Waals surface area contributed by atoms with Crippen molar-refractivity contribution in [3.05, 3.63) is 67.6 Å². The molecule has 0 aliphatic rings. The van der Waals surface area contributed by atoms with Gasteiger partial charge in [-0.2, -0.15) is 0 Å². The number of hydrogen-bond acceptors (Lipinski definition) is 2. The molecular weight excluding hydrogens is 336 g/mol. The van der Waals surface area contributed by atoms with Gasteiger partial charge < -0.3 is 4.98 Å². The Morgan fingerprint density at radius 1 is 1.20 bits per heavy atom. The van der Waals surface area contributed by atoms with Gasteiger partial charge in [0.25, 0.3) is 5.56 Å². The summed E-state index contributed by atoms with van der Waals surface area (Å²) in [5.74, 6) is 0. The maximum absolute atomic E-state index is 12.7. The van der Waals surface area contributed by atoms with Crippen molar-refractivity contribution in [1.82, 2.24) is 9.55 Å². The molecule has 20 heavy (non-hydrogen) atoms. The van der Waals surface area contributed by atoms with Crippen molar-refractivity contribution in [2.24, 2.45) is 0 Å². The van der Waals surface area contributed by atoms with Gasteiger partial charge in [-0.05, 0) is 64.9 Å². The first-order valence-electron chi connectivity index (χ1n) is 6.08. The molecule has 0 fully saturated rings. The second-order valence-electron chi connectivity index (χ2n) is 4.57. The van der Waals surface area contributed by atoms with Gasteiger partial charge >= 0.3 is 0 Å². The number of hydrogen-bond donors (Lipinski definition) is 1. The Hall–Kier alpha value is -1.72. The molecule has 0 bridgehead atoms. The lowest BCUT2D eigenvalue weighted by Gasteiger charge is -2.10. The van der Waals surface area contributed by atoms with E-state index in [2.05, 4.69) is 20.9 Å². The predicted octanol–water partition coefficient (Wildman–Crippen LogP) is 4.12. The van der Waals surface area contributed by atoms with E-state index < -0.39 is 0 Å². The van der Waals surface area contributed by atoms with Crippen molar-refractivity contribution >= 4 is 39.1 Å². The molecule has 3 rings (SSSR count). The Kier molecular flexibility index (Phi) is 3.31. The van der Waals surface area contributed by atoms with E-state index in [0.717, 1.165) is 21.2 Å². The first-order chi connectivity index (χ1) is 9.58. The van der Waals surface area contributed by atoms with E-state index in [-0.39, 0.29) is 5.56 Å². The molecule has 1 aromatic heterocycles. The van der Waals surface area contributed by atoms with E-state index in [9.17, 15) is 4.79 Å². The van der Waals surface area contributed by atoms with Gasteiger partial charge in [0.1, 0.15) is 0 Å². The molecule has 0 saturated carbocycles. The standard InChI is InChI=1S/C15H11BrN2OS/c1-9-6-7-11(16)13(8-9)18-14(19)10-4-2-3-5-12(10)17-15(18)20/h2-8H,1H3,(H,17,20). The highest BCUT2D eigenvalue weighted by molar-refractivity contribution is 9.10. The van der Waals surface area contributed by atoms with Crippen LogP contribution >= 0.6 is 28.1 Å². The minimum absolute atomic E-state index is 0.115. The number of H-pyrrole nitrogens is 1. The lowest BCUT2D eigenvalue weighted by Crippen LogP contribution is -2.20. The van der Waals surface area contributed by atoms with E-state index in [4.69, 9.17) is 12.2 Å².